The molecule has 4 aromatic carbocycles. The standard InChI is InChI=1S/C30H23Cl2N3O5/c31-22-13-20(26(36)33-16-19-11-6-10-17-7-4-5-12-21(17)19)14-23(32)25(22)28(38)35-30(29(39)40)15-24(30)34-27(37)18-8-2-1-3-9-18/h1-14,24H,15-16H2,(H,33,36)(H,34,37)(H,35,38)(H,39,40). The number of carbonyl (C=O) groups excluding carboxylic acids is 3. The molecule has 40 heavy (non-hydrogen) atoms. The zero-order valence-electron chi connectivity index (χ0n) is 20.9. The van der Waals surface area contributed by atoms with Crippen molar-refractivity contribution in [3.05, 3.63) is 117 Å². The zero-order valence-corrected chi connectivity index (χ0v) is 22.4. The lowest BCUT2D eigenvalue weighted by Crippen LogP contribution is -2.49. The number of hydrogen-bond donors (Lipinski definition) is 4. The minimum absolute atomic E-state index is 0.0173. The molecule has 0 saturated heterocycles. The Morgan fingerprint density at radius 1 is 0.800 bits per heavy atom. The minimum atomic E-state index is -1.72. The summed E-state index contributed by atoms with van der Waals surface area (Å²) in [6, 6.07) is 23.7. The van der Waals surface area contributed by atoms with Gasteiger partial charge in [-0.25, -0.2) is 4.79 Å². The van der Waals surface area contributed by atoms with E-state index < -0.39 is 35.3 Å². The lowest BCUT2D eigenvalue weighted by Gasteiger charge is -2.17. The van der Waals surface area contributed by atoms with Crippen molar-refractivity contribution in [3.8, 4) is 0 Å². The number of hydrogen-bond acceptors (Lipinski definition) is 4. The average Bonchev–Trinajstić information content (AvgIpc) is 3.64. The quantitative estimate of drug-likeness (QED) is 0.239. The average molecular weight is 576 g/mol. The topological polar surface area (TPSA) is 125 Å². The van der Waals surface area contributed by atoms with Crippen LogP contribution in [0.1, 0.15) is 43.1 Å². The van der Waals surface area contributed by atoms with Gasteiger partial charge < -0.3 is 21.1 Å². The summed E-state index contributed by atoms with van der Waals surface area (Å²) < 4.78 is 0. The first-order valence-electron chi connectivity index (χ1n) is 12.4. The highest BCUT2D eigenvalue weighted by atomic mass is 35.5. The van der Waals surface area contributed by atoms with Crippen LogP contribution in [0.4, 0.5) is 0 Å². The maximum atomic E-state index is 13.1. The molecular formula is C30H23Cl2N3O5. The number of aliphatic carboxylic acids is 1. The van der Waals surface area contributed by atoms with Gasteiger partial charge in [0.05, 0.1) is 21.7 Å². The van der Waals surface area contributed by atoms with Crippen molar-refractivity contribution in [2.45, 2.75) is 24.5 Å². The highest BCUT2D eigenvalue weighted by molar-refractivity contribution is 6.40. The van der Waals surface area contributed by atoms with Crippen LogP contribution in [0.5, 0.6) is 0 Å². The van der Waals surface area contributed by atoms with E-state index in [1.54, 1.807) is 30.3 Å². The summed E-state index contributed by atoms with van der Waals surface area (Å²) in [4.78, 5) is 50.6. The summed E-state index contributed by atoms with van der Waals surface area (Å²) in [6.45, 7) is 0.259. The van der Waals surface area contributed by atoms with E-state index in [1.165, 1.54) is 12.1 Å². The Bertz CT molecular complexity index is 1630. The van der Waals surface area contributed by atoms with Gasteiger partial charge in [0.15, 0.2) is 5.54 Å². The molecule has 202 valence electrons. The Balaban J connectivity index is 1.28. The van der Waals surface area contributed by atoms with Crippen LogP contribution in [0.15, 0.2) is 84.9 Å². The summed E-state index contributed by atoms with van der Waals surface area (Å²) in [7, 11) is 0. The Kier molecular flexibility index (Phi) is 7.47. The van der Waals surface area contributed by atoms with E-state index in [0.717, 1.165) is 16.3 Å². The molecule has 1 saturated carbocycles. The molecule has 0 aromatic heterocycles. The van der Waals surface area contributed by atoms with Gasteiger partial charge in [0, 0.05) is 24.1 Å². The lowest BCUT2D eigenvalue weighted by molar-refractivity contribution is -0.140. The summed E-state index contributed by atoms with van der Waals surface area (Å²) in [5.41, 5.74) is -0.464. The highest BCUT2D eigenvalue weighted by Gasteiger charge is 2.63. The maximum Gasteiger partial charge on any atom is 0.331 e. The van der Waals surface area contributed by atoms with Crippen molar-refractivity contribution in [2.24, 2.45) is 0 Å². The van der Waals surface area contributed by atoms with Gasteiger partial charge in [0.1, 0.15) is 0 Å². The Morgan fingerprint density at radius 2 is 1.45 bits per heavy atom. The van der Waals surface area contributed by atoms with Crippen LogP contribution in [0.2, 0.25) is 10.0 Å². The van der Waals surface area contributed by atoms with E-state index in [4.69, 9.17) is 23.2 Å². The van der Waals surface area contributed by atoms with E-state index in [1.807, 2.05) is 42.5 Å². The molecule has 3 amide bonds. The monoisotopic (exact) mass is 575 g/mol. The molecule has 1 aliphatic rings. The largest absolute Gasteiger partial charge is 0.479 e. The van der Waals surface area contributed by atoms with Crippen molar-refractivity contribution in [2.75, 3.05) is 0 Å². The number of benzene rings is 4. The number of halogens is 2. The normalized spacial score (nSPS) is 17.6. The third-order valence-electron chi connectivity index (χ3n) is 6.87. The first kappa shape index (κ1) is 27.2. The second-order valence-electron chi connectivity index (χ2n) is 9.46. The molecule has 0 spiro atoms. The van der Waals surface area contributed by atoms with Crippen molar-refractivity contribution >= 4 is 57.7 Å². The van der Waals surface area contributed by atoms with Crippen LogP contribution < -0.4 is 16.0 Å². The Labute approximate surface area is 239 Å². The second-order valence-corrected chi connectivity index (χ2v) is 10.3. The molecular weight excluding hydrogens is 553 g/mol. The fourth-order valence-corrected chi connectivity index (χ4v) is 5.27. The molecule has 0 radical (unpaired) electrons. The summed E-state index contributed by atoms with van der Waals surface area (Å²) in [5, 5.41) is 19.6. The van der Waals surface area contributed by atoms with E-state index in [0.29, 0.717) is 5.56 Å². The van der Waals surface area contributed by atoms with Gasteiger partial charge in [0.25, 0.3) is 17.7 Å². The number of nitrogens with one attached hydrogen (secondary N) is 3. The first-order chi connectivity index (χ1) is 19.2. The molecule has 0 heterocycles. The molecule has 2 unspecified atom stereocenters. The Hall–Kier alpha value is -4.40. The van der Waals surface area contributed by atoms with Gasteiger partial charge in [-0.15, -0.1) is 0 Å². The van der Waals surface area contributed by atoms with Gasteiger partial charge in [-0.2, -0.15) is 0 Å². The van der Waals surface area contributed by atoms with Crippen LogP contribution in [-0.4, -0.2) is 40.4 Å². The summed E-state index contributed by atoms with van der Waals surface area (Å²) >= 11 is 12.7. The molecule has 8 nitrogen and oxygen atoms in total. The van der Waals surface area contributed by atoms with E-state index >= 15 is 0 Å². The SMILES string of the molecule is O=C(NCc1cccc2ccccc12)c1cc(Cl)c(C(=O)NC2(C(=O)O)CC2NC(=O)c2ccccc2)c(Cl)c1. The van der Waals surface area contributed by atoms with Crippen LogP contribution in [-0.2, 0) is 11.3 Å². The predicted octanol–water partition coefficient (Wildman–Crippen LogP) is 4.83. The summed E-state index contributed by atoms with van der Waals surface area (Å²) in [6.07, 6.45) is -0.0173. The van der Waals surface area contributed by atoms with Crippen molar-refractivity contribution in [1.29, 1.82) is 0 Å². The second kappa shape index (κ2) is 11.0. The van der Waals surface area contributed by atoms with Crippen LogP contribution in [0.3, 0.4) is 0 Å². The van der Waals surface area contributed by atoms with Crippen LogP contribution in [0, 0.1) is 0 Å². The van der Waals surface area contributed by atoms with Crippen LogP contribution in [0.25, 0.3) is 10.8 Å². The smallest absolute Gasteiger partial charge is 0.331 e. The third-order valence-corrected chi connectivity index (χ3v) is 7.47. The van der Waals surface area contributed by atoms with Gasteiger partial charge in [-0.05, 0) is 40.6 Å². The molecule has 10 heteroatoms. The number of amides is 3. The third kappa shape index (κ3) is 5.36. The zero-order chi connectivity index (χ0) is 28.4. The molecule has 4 N–H and O–H groups in total. The van der Waals surface area contributed by atoms with E-state index in [9.17, 15) is 24.3 Å². The summed E-state index contributed by atoms with van der Waals surface area (Å²) in [5.74, 6) is -3.05. The number of rotatable bonds is 8. The Morgan fingerprint density at radius 3 is 2.15 bits per heavy atom. The lowest BCUT2D eigenvalue weighted by atomic mass is 10.0. The molecule has 0 bridgehead atoms. The number of fused-ring (bicyclic) bond motifs is 1. The number of carbonyl (C=O) groups is 4. The minimum Gasteiger partial charge on any atom is -0.479 e. The van der Waals surface area contributed by atoms with E-state index in [-0.39, 0.29) is 34.1 Å². The molecule has 5 rings (SSSR count). The maximum absolute atomic E-state index is 13.1. The van der Waals surface area contributed by atoms with Gasteiger partial charge >= 0.3 is 5.97 Å². The van der Waals surface area contributed by atoms with Crippen LogP contribution >= 0.6 is 23.2 Å². The van der Waals surface area contributed by atoms with Crippen molar-refractivity contribution in [3.63, 3.8) is 0 Å². The molecule has 1 aliphatic carbocycles. The van der Waals surface area contributed by atoms with Crippen molar-refractivity contribution < 1.29 is 24.3 Å². The first-order valence-corrected chi connectivity index (χ1v) is 13.1. The van der Waals surface area contributed by atoms with Crippen molar-refractivity contribution in [1.82, 2.24) is 16.0 Å². The van der Waals surface area contributed by atoms with Gasteiger partial charge in [0.2, 0.25) is 0 Å². The highest BCUT2D eigenvalue weighted by Crippen LogP contribution is 2.38. The fourth-order valence-electron chi connectivity index (χ4n) is 4.61. The number of carboxylic acids is 1. The van der Waals surface area contributed by atoms with Gasteiger partial charge in [-0.3, -0.25) is 14.4 Å². The molecule has 2 atom stereocenters. The molecule has 1 fully saturated rings. The fraction of sp³-hybridized carbons (Fsp3) is 0.133. The molecule has 0 aliphatic heterocycles. The number of carboxylic acid groups (broad SMARTS) is 1. The van der Waals surface area contributed by atoms with E-state index in [2.05, 4.69) is 16.0 Å². The van der Waals surface area contributed by atoms with Gasteiger partial charge in [-0.1, -0.05) is 83.9 Å². The molecule has 4 aromatic rings. The predicted molar refractivity (Wildman–Crippen MR) is 152 cm³/mol.